The fourth-order valence-electron chi connectivity index (χ4n) is 3.12. The minimum absolute atomic E-state index is 0.134. The normalized spacial score (nSPS) is 11.3. The van der Waals surface area contributed by atoms with E-state index in [1.54, 1.807) is 11.8 Å². The summed E-state index contributed by atoms with van der Waals surface area (Å²) in [4.78, 5) is 12.4. The van der Waals surface area contributed by atoms with Crippen molar-refractivity contribution in [3.8, 4) is 0 Å². The third-order valence-electron chi connectivity index (χ3n) is 4.98. The molecule has 0 saturated heterocycles. The Morgan fingerprint density at radius 1 is 0.912 bits per heavy atom. The van der Waals surface area contributed by atoms with Gasteiger partial charge in [-0.05, 0) is 73.2 Å². The minimum atomic E-state index is -4.17. The Morgan fingerprint density at radius 2 is 1.50 bits per heavy atom. The van der Waals surface area contributed by atoms with Crippen LogP contribution in [0.25, 0.3) is 0 Å². The Labute approximate surface area is 203 Å². The van der Waals surface area contributed by atoms with E-state index in [0.29, 0.717) is 6.54 Å². The van der Waals surface area contributed by atoms with Crippen LogP contribution in [0, 0.1) is 18.6 Å². The molecule has 0 aromatic heterocycles. The standard InChI is InChI=1S/C25H26F2N2O3S2/c1-19-3-5-20(6-4-19)18-33-16-2-15-28-25(30)17-29(23-11-7-21(26)8-12-23)34(31,32)24-13-9-22(27)10-14-24/h3-14H,2,15-18H2,1H3,(H,28,30). The predicted molar refractivity (Wildman–Crippen MR) is 132 cm³/mol. The smallest absolute Gasteiger partial charge is 0.264 e. The van der Waals surface area contributed by atoms with Crippen molar-refractivity contribution in [2.75, 3.05) is 23.1 Å². The van der Waals surface area contributed by atoms with E-state index in [1.807, 2.05) is 6.92 Å². The highest BCUT2D eigenvalue weighted by Gasteiger charge is 2.27. The van der Waals surface area contributed by atoms with E-state index >= 15 is 0 Å². The van der Waals surface area contributed by atoms with Crippen LogP contribution < -0.4 is 9.62 Å². The molecule has 3 aromatic rings. The van der Waals surface area contributed by atoms with Crippen LogP contribution in [-0.4, -0.2) is 33.2 Å². The predicted octanol–water partition coefficient (Wildman–Crippen LogP) is 4.91. The average Bonchev–Trinajstić information content (AvgIpc) is 2.82. The number of amides is 1. The molecule has 0 aliphatic carbocycles. The van der Waals surface area contributed by atoms with Crippen molar-refractivity contribution in [3.63, 3.8) is 0 Å². The van der Waals surface area contributed by atoms with E-state index in [2.05, 4.69) is 29.6 Å². The van der Waals surface area contributed by atoms with Crippen molar-refractivity contribution >= 4 is 33.4 Å². The van der Waals surface area contributed by atoms with Gasteiger partial charge in [-0.25, -0.2) is 17.2 Å². The molecule has 180 valence electrons. The molecule has 0 radical (unpaired) electrons. The number of benzene rings is 3. The lowest BCUT2D eigenvalue weighted by atomic mass is 10.2. The maximum absolute atomic E-state index is 13.4. The summed E-state index contributed by atoms with van der Waals surface area (Å²) in [5, 5.41) is 2.74. The Balaban J connectivity index is 1.57. The van der Waals surface area contributed by atoms with Crippen LogP contribution >= 0.6 is 11.8 Å². The number of aryl methyl sites for hydroxylation is 1. The fourth-order valence-corrected chi connectivity index (χ4v) is 5.46. The molecule has 0 heterocycles. The number of halogens is 2. The van der Waals surface area contributed by atoms with Gasteiger partial charge in [0.25, 0.3) is 10.0 Å². The van der Waals surface area contributed by atoms with Crippen molar-refractivity contribution in [1.82, 2.24) is 5.32 Å². The molecule has 3 aromatic carbocycles. The zero-order chi connectivity index (χ0) is 24.6. The van der Waals surface area contributed by atoms with Crippen LogP contribution in [0.3, 0.4) is 0 Å². The Bertz CT molecular complexity index is 1180. The largest absolute Gasteiger partial charge is 0.354 e. The molecule has 0 aliphatic rings. The number of nitrogens with one attached hydrogen (secondary N) is 1. The number of nitrogens with zero attached hydrogens (tertiary/aromatic N) is 1. The summed E-state index contributed by atoms with van der Waals surface area (Å²) in [5.41, 5.74) is 2.59. The van der Waals surface area contributed by atoms with Crippen LogP contribution in [0.2, 0.25) is 0 Å². The summed E-state index contributed by atoms with van der Waals surface area (Å²) in [6, 6.07) is 17.5. The molecule has 9 heteroatoms. The van der Waals surface area contributed by atoms with E-state index < -0.39 is 34.1 Å². The van der Waals surface area contributed by atoms with Gasteiger partial charge < -0.3 is 5.32 Å². The van der Waals surface area contributed by atoms with Crippen LogP contribution in [0.4, 0.5) is 14.5 Å². The van der Waals surface area contributed by atoms with E-state index in [9.17, 15) is 22.0 Å². The summed E-state index contributed by atoms with van der Waals surface area (Å²) < 4.78 is 53.9. The van der Waals surface area contributed by atoms with Crippen LogP contribution in [0.15, 0.2) is 77.7 Å². The summed E-state index contributed by atoms with van der Waals surface area (Å²) in [5.74, 6) is 0.117. The number of hydrogen-bond donors (Lipinski definition) is 1. The lowest BCUT2D eigenvalue weighted by Gasteiger charge is -2.24. The van der Waals surface area contributed by atoms with Gasteiger partial charge in [-0.3, -0.25) is 9.10 Å². The maximum Gasteiger partial charge on any atom is 0.264 e. The molecule has 34 heavy (non-hydrogen) atoms. The van der Waals surface area contributed by atoms with E-state index in [-0.39, 0.29) is 10.6 Å². The van der Waals surface area contributed by atoms with E-state index in [4.69, 9.17) is 0 Å². The first-order valence-electron chi connectivity index (χ1n) is 10.7. The monoisotopic (exact) mass is 504 g/mol. The zero-order valence-corrected chi connectivity index (χ0v) is 20.3. The molecule has 0 aliphatic heterocycles. The first kappa shape index (κ1) is 25.7. The molecule has 1 amide bonds. The van der Waals surface area contributed by atoms with Gasteiger partial charge in [0, 0.05) is 12.3 Å². The summed E-state index contributed by atoms with van der Waals surface area (Å²) in [6.07, 6.45) is 0.726. The lowest BCUT2D eigenvalue weighted by Crippen LogP contribution is -2.41. The fraction of sp³-hybridized carbons (Fsp3) is 0.240. The number of rotatable bonds is 11. The number of carbonyl (C=O) groups is 1. The second-order valence-electron chi connectivity index (χ2n) is 7.68. The Morgan fingerprint density at radius 3 is 2.12 bits per heavy atom. The number of thioether (sulfide) groups is 1. The quantitative estimate of drug-likeness (QED) is 0.377. The second-order valence-corrected chi connectivity index (χ2v) is 10.7. The highest BCUT2D eigenvalue weighted by molar-refractivity contribution is 7.98. The van der Waals surface area contributed by atoms with E-state index in [0.717, 1.165) is 58.6 Å². The molecule has 3 rings (SSSR count). The maximum atomic E-state index is 13.4. The number of anilines is 1. The Hall–Kier alpha value is -2.91. The third-order valence-corrected chi connectivity index (χ3v) is 7.88. The van der Waals surface area contributed by atoms with Crippen LogP contribution in [0.1, 0.15) is 17.5 Å². The highest BCUT2D eigenvalue weighted by atomic mass is 32.2. The minimum Gasteiger partial charge on any atom is -0.354 e. The van der Waals surface area contributed by atoms with Gasteiger partial charge in [0.15, 0.2) is 0 Å². The second kappa shape index (κ2) is 12.0. The molecule has 0 fully saturated rings. The van der Waals surface area contributed by atoms with Crippen molar-refractivity contribution in [2.45, 2.75) is 24.0 Å². The highest BCUT2D eigenvalue weighted by Crippen LogP contribution is 2.24. The van der Waals surface area contributed by atoms with Crippen molar-refractivity contribution in [3.05, 3.63) is 95.6 Å². The average molecular weight is 505 g/mol. The van der Waals surface area contributed by atoms with Gasteiger partial charge in [0.1, 0.15) is 18.2 Å². The van der Waals surface area contributed by atoms with Crippen LogP contribution in [-0.2, 0) is 20.6 Å². The molecular weight excluding hydrogens is 478 g/mol. The molecular formula is C25H26F2N2O3S2. The van der Waals surface area contributed by atoms with Gasteiger partial charge >= 0.3 is 0 Å². The van der Waals surface area contributed by atoms with Crippen molar-refractivity contribution in [1.29, 1.82) is 0 Å². The summed E-state index contributed by atoms with van der Waals surface area (Å²) in [7, 11) is -4.17. The zero-order valence-electron chi connectivity index (χ0n) is 18.7. The molecule has 0 unspecified atom stereocenters. The molecule has 0 bridgehead atoms. The van der Waals surface area contributed by atoms with Gasteiger partial charge in [-0.2, -0.15) is 11.8 Å². The van der Waals surface area contributed by atoms with E-state index in [1.165, 1.54) is 23.3 Å². The molecule has 5 nitrogen and oxygen atoms in total. The first-order chi connectivity index (χ1) is 16.3. The van der Waals surface area contributed by atoms with Crippen molar-refractivity contribution < 1.29 is 22.0 Å². The lowest BCUT2D eigenvalue weighted by molar-refractivity contribution is -0.119. The Kier molecular flexibility index (Phi) is 9.06. The van der Waals surface area contributed by atoms with Crippen LogP contribution in [0.5, 0.6) is 0 Å². The van der Waals surface area contributed by atoms with Gasteiger partial charge in [0.2, 0.25) is 5.91 Å². The topological polar surface area (TPSA) is 66.5 Å². The SMILES string of the molecule is Cc1ccc(CSCCCNC(=O)CN(c2ccc(F)cc2)S(=O)(=O)c2ccc(F)cc2)cc1. The number of hydrogen-bond acceptors (Lipinski definition) is 4. The number of sulfonamides is 1. The first-order valence-corrected chi connectivity index (χ1v) is 13.3. The molecule has 0 atom stereocenters. The van der Waals surface area contributed by atoms with Gasteiger partial charge in [0.05, 0.1) is 10.6 Å². The van der Waals surface area contributed by atoms with Gasteiger partial charge in [-0.15, -0.1) is 0 Å². The summed E-state index contributed by atoms with van der Waals surface area (Å²) >= 11 is 1.75. The third kappa shape index (κ3) is 7.30. The number of carbonyl (C=O) groups excluding carboxylic acids is 1. The van der Waals surface area contributed by atoms with Gasteiger partial charge in [-0.1, -0.05) is 29.8 Å². The molecule has 0 spiro atoms. The van der Waals surface area contributed by atoms with Crippen molar-refractivity contribution in [2.24, 2.45) is 0 Å². The molecule has 0 saturated carbocycles. The summed E-state index contributed by atoms with van der Waals surface area (Å²) in [6.45, 7) is 1.96. The molecule has 1 N–H and O–H groups in total.